The van der Waals surface area contributed by atoms with Crippen molar-refractivity contribution in [2.75, 3.05) is 19.6 Å². The molecule has 1 aromatic carbocycles. The molecule has 2 nitrogen and oxygen atoms in total. The van der Waals surface area contributed by atoms with Gasteiger partial charge in [0, 0.05) is 19.0 Å². The Bertz CT molecular complexity index is 360. The van der Waals surface area contributed by atoms with Gasteiger partial charge in [-0.25, -0.2) is 0 Å². The number of rotatable bonds is 3. The molecular formula is C15H21NO. The van der Waals surface area contributed by atoms with Crippen molar-refractivity contribution in [3.63, 3.8) is 0 Å². The van der Waals surface area contributed by atoms with E-state index in [1.54, 1.807) is 0 Å². The SMILES string of the molecule is O[C@H]1CN(CC2CC2)CC[C@H]1c1ccccc1. The van der Waals surface area contributed by atoms with Gasteiger partial charge in [-0.2, -0.15) is 0 Å². The van der Waals surface area contributed by atoms with Crippen LogP contribution in [0.25, 0.3) is 0 Å². The maximum absolute atomic E-state index is 10.3. The smallest absolute Gasteiger partial charge is 0.0735 e. The second-order valence-corrected chi connectivity index (χ2v) is 5.58. The van der Waals surface area contributed by atoms with E-state index in [0.29, 0.717) is 5.92 Å². The van der Waals surface area contributed by atoms with E-state index in [4.69, 9.17) is 0 Å². The summed E-state index contributed by atoms with van der Waals surface area (Å²) in [6, 6.07) is 10.5. The molecule has 17 heavy (non-hydrogen) atoms. The number of nitrogens with zero attached hydrogens (tertiary/aromatic N) is 1. The molecule has 92 valence electrons. The van der Waals surface area contributed by atoms with Gasteiger partial charge in [0.1, 0.15) is 0 Å². The molecule has 1 saturated carbocycles. The van der Waals surface area contributed by atoms with Crippen molar-refractivity contribution in [2.45, 2.75) is 31.3 Å². The largest absolute Gasteiger partial charge is 0.391 e. The van der Waals surface area contributed by atoms with Crippen LogP contribution in [-0.2, 0) is 0 Å². The van der Waals surface area contributed by atoms with E-state index in [0.717, 1.165) is 25.4 Å². The highest BCUT2D eigenvalue weighted by Crippen LogP contribution is 2.33. The first-order valence-electron chi connectivity index (χ1n) is 6.78. The maximum Gasteiger partial charge on any atom is 0.0735 e. The molecule has 1 N–H and O–H groups in total. The second kappa shape index (κ2) is 4.79. The van der Waals surface area contributed by atoms with Gasteiger partial charge in [-0.15, -0.1) is 0 Å². The summed E-state index contributed by atoms with van der Waals surface area (Å²) < 4.78 is 0. The number of aliphatic hydroxyl groups is 1. The molecule has 0 spiro atoms. The Kier molecular flexibility index (Phi) is 3.17. The lowest BCUT2D eigenvalue weighted by Crippen LogP contribution is -2.43. The molecule has 2 fully saturated rings. The third-order valence-corrected chi connectivity index (χ3v) is 4.11. The number of hydrogen-bond acceptors (Lipinski definition) is 2. The first-order valence-corrected chi connectivity index (χ1v) is 6.78. The monoisotopic (exact) mass is 231 g/mol. The van der Waals surface area contributed by atoms with Crippen molar-refractivity contribution < 1.29 is 5.11 Å². The number of benzene rings is 1. The van der Waals surface area contributed by atoms with Crippen LogP contribution in [0.2, 0.25) is 0 Å². The Hall–Kier alpha value is -0.860. The van der Waals surface area contributed by atoms with Crippen LogP contribution in [0.3, 0.4) is 0 Å². The minimum Gasteiger partial charge on any atom is -0.391 e. The lowest BCUT2D eigenvalue weighted by Gasteiger charge is -2.36. The summed E-state index contributed by atoms with van der Waals surface area (Å²) in [7, 11) is 0. The summed E-state index contributed by atoms with van der Waals surface area (Å²) >= 11 is 0. The van der Waals surface area contributed by atoms with Gasteiger partial charge in [0.15, 0.2) is 0 Å². The third kappa shape index (κ3) is 2.70. The quantitative estimate of drug-likeness (QED) is 0.862. The number of likely N-dealkylation sites (tertiary alicyclic amines) is 1. The molecule has 3 rings (SSSR count). The molecule has 0 aromatic heterocycles. The van der Waals surface area contributed by atoms with E-state index in [2.05, 4.69) is 29.2 Å². The van der Waals surface area contributed by atoms with E-state index < -0.39 is 0 Å². The molecule has 2 aliphatic rings. The molecule has 1 heterocycles. The Balaban J connectivity index is 1.61. The van der Waals surface area contributed by atoms with Crippen LogP contribution in [0, 0.1) is 5.92 Å². The Morgan fingerprint density at radius 2 is 1.88 bits per heavy atom. The molecule has 1 aliphatic heterocycles. The van der Waals surface area contributed by atoms with Crippen LogP contribution < -0.4 is 0 Å². The first-order chi connectivity index (χ1) is 8.33. The fourth-order valence-corrected chi connectivity index (χ4v) is 2.92. The highest BCUT2D eigenvalue weighted by Gasteiger charge is 2.31. The summed E-state index contributed by atoms with van der Waals surface area (Å²) in [5, 5.41) is 10.3. The zero-order chi connectivity index (χ0) is 11.7. The van der Waals surface area contributed by atoms with Crippen LogP contribution >= 0.6 is 0 Å². The molecule has 1 saturated heterocycles. The summed E-state index contributed by atoms with van der Waals surface area (Å²) in [6.07, 6.45) is 3.70. The van der Waals surface area contributed by atoms with E-state index in [-0.39, 0.29) is 6.10 Å². The molecular weight excluding hydrogens is 210 g/mol. The zero-order valence-electron chi connectivity index (χ0n) is 10.3. The van der Waals surface area contributed by atoms with Gasteiger partial charge in [0.05, 0.1) is 6.10 Å². The van der Waals surface area contributed by atoms with E-state index in [1.807, 2.05) is 6.07 Å². The lowest BCUT2D eigenvalue weighted by molar-refractivity contribution is 0.0492. The van der Waals surface area contributed by atoms with Gasteiger partial charge >= 0.3 is 0 Å². The van der Waals surface area contributed by atoms with Crippen molar-refractivity contribution in [3.8, 4) is 0 Å². The van der Waals surface area contributed by atoms with Crippen molar-refractivity contribution in [1.29, 1.82) is 0 Å². The third-order valence-electron chi connectivity index (χ3n) is 4.11. The predicted molar refractivity (Wildman–Crippen MR) is 69.0 cm³/mol. The lowest BCUT2D eigenvalue weighted by atomic mass is 9.87. The molecule has 0 bridgehead atoms. The van der Waals surface area contributed by atoms with Gasteiger partial charge in [0.25, 0.3) is 0 Å². The normalized spacial score (nSPS) is 30.4. The van der Waals surface area contributed by atoms with Gasteiger partial charge in [-0.3, -0.25) is 0 Å². The Morgan fingerprint density at radius 1 is 1.12 bits per heavy atom. The fraction of sp³-hybridized carbons (Fsp3) is 0.600. The number of piperidine rings is 1. The van der Waals surface area contributed by atoms with Crippen LogP contribution in [0.15, 0.2) is 30.3 Å². The average Bonchev–Trinajstić information content (AvgIpc) is 3.14. The molecule has 0 amide bonds. The molecule has 0 radical (unpaired) electrons. The van der Waals surface area contributed by atoms with Crippen molar-refractivity contribution in [3.05, 3.63) is 35.9 Å². The molecule has 1 aromatic rings. The topological polar surface area (TPSA) is 23.5 Å². The highest BCUT2D eigenvalue weighted by atomic mass is 16.3. The van der Waals surface area contributed by atoms with Crippen LogP contribution in [0.5, 0.6) is 0 Å². The van der Waals surface area contributed by atoms with Gasteiger partial charge in [-0.1, -0.05) is 30.3 Å². The number of aliphatic hydroxyl groups excluding tert-OH is 1. The van der Waals surface area contributed by atoms with E-state index in [9.17, 15) is 5.11 Å². The van der Waals surface area contributed by atoms with Crippen LogP contribution in [0.4, 0.5) is 0 Å². The number of hydrogen-bond donors (Lipinski definition) is 1. The molecule has 0 unspecified atom stereocenters. The van der Waals surface area contributed by atoms with E-state index in [1.165, 1.54) is 24.9 Å². The van der Waals surface area contributed by atoms with Crippen LogP contribution in [-0.4, -0.2) is 35.7 Å². The minimum absolute atomic E-state index is 0.190. The summed E-state index contributed by atoms with van der Waals surface area (Å²) in [5.41, 5.74) is 1.30. The second-order valence-electron chi connectivity index (χ2n) is 5.58. The van der Waals surface area contributed by atoms with Gasteiger partial charge < -0.3 is 10.0 Å². The van der Waals surface area contributed by atoms with Gasteiger partial charge in [0.2, 0.25) is 0 Å². The maximum atomic E-state index is 10.3. The summed E-state index contributed by atoms with van der Waals surface area (Å²) in [6.45, 7) is 3.21. The fourth-order valence-electron chi connectivity index (χ4n) is 2.92. The average molecular weight is 231 g/mol. The highest BCUT2D eigenvalue weighted by molar-refractivity contribution is 5.21. The number of β-amino-alcohol motifs (C(OH)–C–C–N with tert-alkyl or cyclic N) is 1. The van der Waals surface area contributed by atoms with Crippen molar-refractivity contribution in [1.82, 2.24) is 4.90 Å². The standard InChI is InChI=1S/C15H21NO/c17-15-11-16(10-12-6-7-12)9-8-14(15)13-4-2-1-3-5-13/h1-5,12,14-15,17H,6-11H2/t14-,15-/m0/s1. The Morgan fingerprint density at radius 3 is 2.53 bits per heavy atom. The van der Waals surface area contributed by atoms with Crippen LogP contribution in [0.1, 0.15) is 30.7 Å². The van der Waals surface area contributed by atoms with Gasteiger partial charge in [-0.05, 0) is 37.3 Å². The van der Waals surface area contributed by atoms with Crippen molar-refractivity contribution in [2.24, 2.45) is 5.92 Å². The zero-order valence-corrected chi connectivity index (χ0v) is 10.3. The van der Waals surface area contributed by atoms with E-state index >= 15 is 0 Å². The predicted octanol–water partition coefficient (Wildman–Crippen LogP) is 2.25. The summed E-state index contributed by atoms with van der Waals surface area (Å²) in [4.78, 5) is 2.45. The summed E-state index contributed by atoms with van der Waals surface area (Å²) in [5.74, 6) is 1.27. The van der Waals surface area contributed by atoms with Crippen molar-refractivity contribution >= 4 is 0 Å². The molecule has 1 aliphatic carbocycles. The first kappa shape index (κ1) is 11.2. The molecule has 2 heteroatoms. The Labute approximate surface area is 103 Å². The minimum atomic E-state index is -0.190. The molecule has 2 atom stereocenters.